The van der Waals surface area contributed by atoms with Crippen LogP contribution in [0.2, 0.25) is 0 Å². The van der Waals surface area contributed by atoms with Crippen molar-refractivity contribution < 1.29 is 4.79 Å². The number of pyridine rings is 1. The summed E-state index contributed by atoms with van der Waals surface area (Å²) in [6, 6.07) is 2.23. The molecule has 132 valence electrons. The normalized spacial score (nSPS) is 19.7. The molecule has 0 spiro atoms. The van der Waals surface area contributed by atoms with Crippen molar-refractivity contribution in [2.45, 2.75) is 65.0 Å². The maximum absolute atomic E-state index is 13.0. The fourth-order valence-corrected chi connectivity index (χ4v) is 4.00. The van der Waals surface area contributed by atoms with Crippen LogP contribution in [0, 0.1) is 0 Å². The second kappa shape index (κ2) is 6.24. The highest BCUT2D eigenvalue weighted by atomic mass is 16.2. The Morgan fingerprint density at radius 1 is 1.24 bits per heavy atom. The zero-order valence-electron chi connectivity index (χ0n) is 15.2. The molecule has 3 heterocycles. The van der Waals surface area contributed by atoms with Gasteiger partial charge in [0, 0.05) is 24.4 Å². The maximum Gasteiger partial charge on any atom is 0.255 e. The van der Waals surface area contributed by atoms with Crippen molar-refractivity contribution in [1.29, 1.82) is 0 Å². The first kappa shape index (κ1) is 16.2. The van der Waals surface area contributed by atoms with E-state index in [9.17, 15) is 4.79 Å². The van der Waals surface area contributed by atoms with Gasteiger partial charge in [0.05, 0.1) is 18.2 Å². The second-order valence-corrected chi connectivity index (χ2v) is 7.57. The Balaban J connectivity index is 1.59. The molecule has 2 aromatic heterocycles. The summed E-state index contributed by atoms with van der Waals surface area (Å²) < 4.78 is 2.19. The van der Waals surface area contributed by atoms with Crippen LogP contribution in [0.25, 0.3) is 0 Å². The Morgan fingerprint density at radius 2 is 2.04 bits per heavy atom. The molecule has 2 aromatic rings. The van der Waals surface area contributed by atoms with E-state index in [1.54, 1.807) is 6.20 Å². The van der Waals surface area contributed by atoms with Crippen LogP contribution in [-0.4, -0.2) is 37.1 Å². The third-order valence-electron chi connectivity index (χ3n) is 5.27. The van der Waals surface area contributed by atoms with E-state index in [1.807, 2.05) is 11.0 Å². The summed E-state index contributed by atoms with van der Waals surface area (Å²) in [7, 11) is 0. The second-order valence-electron chi connectivity index (χ2n) is 7.57. The number of carbonyl (C=O) groups excluding carboxylic acids is 1. The highest BCUT2D eigenvalue weighted by Crippen LogP contribution is 2.27. The molecular formula is C19H25N5O. The zero-order chi connectivity index (χ0) is 17.6. The largest absolute Gasteiger partial charge is 0.329 e. The quantitative estimate of drug-likeness (QED) is 0.844. The number of hydrogen-bond acceptors (Lipinski definition) is 4. The molecule has 0 saturated carbocycles. The average Bonchev–Trinajstić information content (AvgIpc) is 3.05. The van der Waals surface area contributed by atoms with Crippen molar-refractivity contribution in [2.24, 2.45) is 0 Å². The number of amides is 1. The van der Waals surface area contributed by atoms with Gasteiger partial charge >= 0.3 is 0 Å². The molecule has 0 fully saturated rings. The first-order valence-corrected chi connectivity index (χ1v) is 9.25. The topological polar surface area (TPSA) is 63.9 Å². The third kappa shape index (κ3) is 2.83. The summed E-state index contributed by atoms with van der Waals surface area (Å²) in [5.41, 5.74) is 3.11. The predicted molar refractivity (Wildman–Crippen MR) is 94.4 cm³/mol. The number of fused-ring (bicyclic) bond motifs is 2. The van der Waals surface area contributed by atoms with Gasteiger partial charge in [-0.05, 0) is 44.2 Å². The molecule has 0 unspecified atom stereocenters. The van der Waals surface area contributed by atoms with E-state index in [0.29, 0.717) is 24.6 Å². The van der Waals surface area contributed by atoms with Gasteiger partial charge in [-0.1, -0.05) is 13.8 Å². The monoisotopic (exact) mass is 339 g/mol. The van der Waals surface area contributed by atoms with E-state index in [1.165, 1.54) is 18.4 Å². The first-order valence-electron chi connectivity index (χ1n) is 9.25. The van der Waals surface area contributed by atoms with Gasteiger partial charge in [0.2, 0.25) is 0 Å². The smallest absolute Gasteiger partial charge is 0.255 e. The molecule has 0 aromatic carbocycles. The number of nitrogens with zero attached hydrogens (tertiary/aromatic N) is 5. The summed E-state index contributed by atoms with van der Waals surface area (Å²) in [6.07, 6.45) is 6.20. The van der Waals surface area contributed by atoms with Gasteiger partial charge in [-0.15, -0.1) is 10.2 Å². The summed E-state index contributed by atoms with van der Waals surface area (Å²) >= 11 is 0. The van der Waals surface area contributed by atoms with Crippen LogP contribution in [0.3, 0.4) is 0 Å². The van der Waals surface area contributed by atoms with Crippen molar-refractivity contribution in [3.8, 4) is 0 Å². The van der Waals surface area contributed by atoms with Crippen LogP contribution in [0.4, 0.5) is 0 Å². The van der Waals surface area contributed by atoms with E-state index >= 15 is 0 Å². The molecule has 6 nitrogen and oxygen atoms in total. The molecule has 0 N–H and O–H groups in total. The van der Waals surface area contributed by atoms with Gasteiger partial charge in [-0.3, -0.25) is 9.78 Å². The van der Waals surface area contributed by atoms with Crippen molar-refractivity contribution in [2.75, 3.05) is 6.54 Å². The van der Waals surface area contributed by atoms with Crippen molar-refractivity contribution >= 4 is 5.91 Å². The molecule has 4 rings (SSSR count). The number of carbonyl (C=O) groups is 1. The zero-order valence-corrected chi connectivity index (χ0v) is 15.2. The predicted octanol–water partition coefficient (Wildman–Crippen LogP) is 2.89. The van der Waals surface area contributed by atoms with Crippen molar-refractivity contribution in [1.82, 2.24) is 24.6 Å². The van der Waals surface area contributed by atoms with Crippen LogP contribution in [0.15, 0.2) is 12.3 Å². The fourth-order valence-electron chi connectivity index (χ4n) is 4.00. The lowest BCUT2D eigenvalue weighted by Crippen LogP contribution is -2.41. The molecule has 2 aliphatic rings. The summed E-state index contributed by atoms with van der Waals surface area (Å²) in [5, 5.41) is 8.66. The SMILES string of the molecule is CC(C)c1nnc2n1[C@@H](C)CN(C(=O)c1cnc3c(c1)CCCC3)C2. The lowest BCUT2D eigenvalue weighted by atomic mass is 9.95. The van der Waals surface area contributed by atoms with Gasteiger partial charge in [0.15, 0.2) is 5.82 Å². The average molecular weight is 339 g/mol. The minimum atomic E-state index is 0.0491. The summed E-state index contributed by atoms with van der Waals surface area (Å²) in [6.45, 7) is 7.57. The Hall–Kier alpha value is -2.24. The molecule has 1 aliphatic carbocycles. The number of hydrogen-bond donors (Lipinski definition) is 0. The standard InChI is InChI=1S/C19H25N5O/c1-12(2)18-22-21-17-11-23(10-13(3)24(17)18)19(25)15-8-14-6-4-5-7-16(14)20-9-15/h8-9,12-13H,4-7,10-11H2,1-3H3/t13-/m0/s1. The lowest BCUT2D eigenvalue weighted by Gasteiger charge is -2.33. The van der Waals surface area contributed by atoms with Crippen molar-refractivity contribution in [3.63, 3.8) is 0 Å². The lowest BCUT2D eigenvalue weighted by molar-refractivity contribution is 0.0678. The first-order chi connectivity index (χ1) is 12.0. The van der Waals surface area contributed by atoms with E-state index in [2.05, 4.69) is 40.5 Å². The van der Waals surface area contributed by atoms with Crippen LogP contribution in [0.1, 0.15) is 78.8 Å². The van der Waals surface area contributed by atoms with Crippen LogP contribution >= 0.6 is 0 Å². The minimum absolute atomic E-state index is 0.0491. The fraction of sp³-hybridized carbons (Fsp3) is 0.579. The minimum Gasteiger partial charge on any atom is -0.329 e. The van der Waals surface area contributed by atoms with Crippen LogP contribution in [-0.2, 0) is 19.4 Å². The molecule has 0 saturated heterocycles. The van der Waals surface area contributed by atoms with Gasteiger partial charge in [-0.2, -0.15) is 0 Å². The van der Waals surface area contributed by atoms with E-state index in [4.69, 9.17) is 0 Å². The number of aryl methyl sites for hydroxylation is 2. The summed E-state index contributed by atoms with van der Waals surface area (Å²) in [4.78, 5) is 19.4. The van der Waals surface area contributed by atoms with Gasteiger partial charge < -0.3 is 9.47 Å². The molecule has 0 bridgehead atoms. The molecular weight excluding hydrogens is 314 g/mol. The molecule has 1 amide bonds. The maximum atomic E-state index is 13.0. The third-order valence-corrected chi connectivity index (χ3v) is 5.27. The Bertz CT molecular complexity index is 810. The molecule has 6 heteroatoms. The van der Waals surface area contributed by atoms with E-state index in [-0.39, 0.29) is 11.9 Å². The van der Waals surface area contributed by atoms with Gasteiger partial charge in [0.1, 0.15) is 5.82 Å². The molecule has 1 atom stereocenters. The Morgan fingerprint density at radius 3 is 2.84 bits per heavy atom. The summed E-state index contributed by atoms with van der Waals surface area (Å²) in [5.74, 6) is 2.26. The Kier molecular flexibility index (Phi) is 4.06. The van der Waals surface area contributed by atoms with Crippen LogP contribution < -0.4 is 0 Å². The van der Waals surface area contributed by atoms with Gasteiger partial charge in [0.25, 0.3) is 5.91 Å². The molecule has 25 heavy (non-hydrogen) atoms. The highest BCUT2D eigenvalue weighted by Gasteiger charge is 2.30. The van der Waals surface area contributed by atoms with Crippen LogP contribution in [0.5, 0.6) is 0 Å². The molecule has 1 aliphatic heterocycles. The molecule has 0 radical (unpaired) electrons. The number of aromatic nitrogens is 4. The Labute approximate surface area is 148 Å². The van der Waals surface area contributed by atoms with Crippen molar-refractivity contribution in [3.05, 3.63) is 40.7 Å². The highest BCUT2D eigenvalue weighted by molar-refractivity contribution is 5.94. The van der Waals surface area contributed by atoms with E-state index in [0.717, 1.165) is 30.2 Å². The van der Waals surface area contributed by atoms with Gasteiger partial charge in [-0.25, -0.2) is 0 Å². The van der Waals surface area contributed by atoms with E-state index < -0.39 is 0 Å². The number of rotatable bonds is 2.